The predicted molar refractivity (Wildman–Crippen MR) is 100 cm³/mol. The average Bonchev–Trinajstić information content (AvgIpc) is 3.02. The van der Waals surface area contributed by atoms with Crippen LogP contribution in [0.2, 0.25) is 0 Å². The van der Waals surface area contributed by atoms with E-state index < -0.39 is 23.7 Å². The molecule has 148 valence electrons. The highest BCUT2D eigenvalue weighted by Crippen LogP contribution is 2.22. The Morgan fingerprint density at radius 2 is 1.85 bits per heavy atom. The van der Waals surface area contributed by atoms with Crippen LogP contribution in [-0.2, 0) is 19.1 Å². The monoisotopic (exact) mass is 377 g/mol. The van der Waals surface area contributed by atoms with Gasteiger partial charge in [-0.05, 0) is 32.9 Å². The van der Waals surface area contributed by atoms with Crippen molar-refractivity contribution in [2.45, 2.75) is 44.9 Å². The zero-order chi connectivity index (χ0) is 20.0. The number of methoxy groups -OCH3 is 1. The maximum atomic E-state index is 12.6. The van der Waals surface area contributed by atoms with Crippen LogP contribution in [-0.4, -0.2) is 60.8 Å². The summed E-state index contributed by atoms with van der Waals surface area (Å²) in [5, 5.41) is 5.75. The van der Waals surface area contributed by atoms with Crippen molar-refractivity contribution in [3.63, 3.8) is 0 Å². The van der Waals surface area contributed by atoms with E-state index in [4.69, 9.17) is 9.47 Å². The predicted octanol–water partition coefficient (Wildman–Crippen LogP) is 1.77. The van der Waals surface area contributed by atoms with Gasteiger partial charge < -0.3 is 25.0 Å². The SMILES string of the molecule is COC(=O)[C@@H]1C[C@@H](Nc2ccccc2)CN1C(=O)CNC(=O)OC(C)(C)C. The first-order valence-corrected chi connectivity index (χ1v) is 8.85. The summed E-state index contributed by atoms with van der Waals surface area (Å²) >= 11 is 0. The summed E-state index contributed by atoms with van der Waals surface area (Å²) < 4.78 is 9.95. The second-order valence-electron chi connectivity index (χ2n) is 7.38. The van der Waals surface area contributed by atoms with Crippen LogP contribution in [0.1, 0.15) is 27.2 Å². The maximum Gasteiger partial charge on any atom is 0.408 e. The van der Waals surface area contributed by atoms with E-state index in [1.54, 1.807) is 20.8 Å². The van der Waals surface area contributed by atoms with Crippen molar-refractivity contribution in [1.29, 1.82) is 0 Å². The second-order valence-corrected chi connectivity index (χ2v) is 7.38. The van der Waals surface area contributed by atoms with Gasteiger partial charge in [0.1, 0.15) is 18.2 Å². The van der Waals surface area contributed by atoms with Gasteiger partial charge in [-0.15, -0.1) is 0 Å². The zero-order valence-electron chi connectivity index (χ0n) is 16.2. The summed E-state index contributed by atoms with van der Waals surface area (Å²) in [6.45, 7) is 5.30. The fourth-order valence-corrected chi connectivity index (χ4v) is 2.91. The molecule has 1 aromatic carbocycles. The third kappa shape index (κ3) is 6.16. The quantitative estimate of drug-likeness (QED) is 0.759. The molecule has 1 saturated heterocycles. The van der Waals surface area contributed by atoms with Crippen LogP contribution in [0, 0.1) is 0 Å². The lowest BCUT2D eigenvalue weighted by atomic mass is 10.1. The summed E-state index contributed by atoms with van der Waals surface area (Å²) in [6, 6.07) is 8.77. The van der Waals surface area contributed by atoms with Crippen molar-refractivity contribution < 1.29 is 23.9 Å². The molecule has 2 amide bonds. The summed E-state index contributed by atoms with van der Waals surface area (Å²) in [4.78, 5) is 37.8. The van der Waals surface area contributed by atoms with Gasteiger partial charge in [-0.2, -0.15) is 0 Å². The summed E-state index contributed by atoms with van der Waals surface area (Å²) in [7, 11) is 1.29. The molecule has 1 fully saturated rings. The van der Waals surface area contributed by atoms with Gasteiger partial charge in [-0.1, -0.05) is 18.2 Å². The van der Waals surface area contributed by atoms with Gasteiger partial charge in [0.05, 0.1) is 7.11 Å². The van der Waals surface area contributed by atoms with Crippen LogP contribution >= 0.6 is 0 Å². The Morgan fingerprint density at radius 1 is 1.19 bits per heavy atom. The number of nitrogens with zero attached hydrogens (tertiary/aromatic N) is 1. The Bertz CT molecular complexity index is 672. The van der Waals surface area contributed by atoms with E-state index in [1.165, 1.54) is 12.0 Å². The molecule has 0 unspecified atom stereocenters. The van der Waals surface area contributed by atoms with Crippen molar-refractivity contribution in [2.24, 2.45) is 0 Å². The number of ether oxygens (including phenoxy) is 2. The van der Waals surface area contributed by atoms with Gasteiger partial charge >= 0.3 is 12.1 Å². The molecule has 0 aromatic heterocycles. The molecule has 2 rings (SSSR count). The van der Waals surface area contributed by atoms with Gasteiger partial charge in [-0.3, -0.25) is 4.79 Å². The normalized spacial score (nSPS) is 19.3. The molecule has 2 N–H and O–H groups in total. The number of amides is 2. The molecule has 1 heterocycles. The van der Waals surface area contributed by atoms with E-state index in [2.05, 4.69) is 10.6 Å². The highest BCUT2D eigenvalue weighted by molar-refractivity contribution is 5.88. The maximum absolute atomic E-state index is 12.6. The fourth-order valence-electron chi connectivity index (χ4n) is 2.91. The van der Waals surface area contributed by atoms with Crippen LogP contribution in [0.15, 0.2) is 30.3 Å². The van der Waals surface area contributed by atoms with E-state index in [-0.39, 0.29) is 18.5 Å². The minimum absolute atomic E-state index is 0.0954. The molecule has 0 radical (unpaired) electrons. The van der Waals surface area contributed by atoms with Crippen molar-refractivity contribution in [3.8, 4) is 0 Å². The molecule has 1 aliphatic rings. The number of hydrogen-bond acceptors (Lipinski definition) is 6. The van der Waals surface area contributed by atoms with Crippen molar-refractivity contribution in [1.82, 2.24) is 10.2 Å². The number of esters is 1. The highest BCUT2D eigenvalue weighted by atomic mass is 16.6. The number of carbonyl (C=O) groups is 3. The molecular weight excluding hydrogens is 350 g/mol. The van der Waals surface area contributed by atoms with Crippen molar-refractivity contribution >= 4 is 23.7 Å². The number of benzene rings is 1. The first kappa shape index (κ1) is 20.5. The number of hydrogen-bond donors (Lipinski definition) is 2. The fraction of sp³-hybridized carbons (Fsp3) is 0.526. The number of alkyl carbamates (subject to hydrolysis) is 1. The molecule has 0 spiro atoms. The van der Waals surface area contributed by atoms with Crippen LogP contribution in [0.5, 0.6) is 0 Å². The van der Waals surface area contributed by atoms with E-state index in [9.17, 15) is 14.4 Å². The van der Waals surface area contributed by atoms with E-state index >= 15 is 0 Å². The second kappa shape index (κ2) is 8.75. The Kier molecular flexibility index (Phi) is 6.65. The zero-order valence-corrected chi connectivity index (χ0v) is 16.2. The molecule has 0 bridgehead atoms. The van der Waals surface area contributed by atoms with Gasteiger partial charge in [0.25, 0.3) is 0 Å². The van der Waals surface area contributed by atoms with Gasteiger partial charge in [0.15, 0.2) is 0 Å². The topological polar surface area (TPSA) is 97.0 Å². The van der Waals surface area contributed by atoms with Gasteiger partial charge in [-0.25, -0.2) is 9.59 Å². The standard InChI is InChI=1S/C19H27N3O5/c1-19(2,3)27-18(25)20-11-16(23)22-12-14(10-15(22)17(24)26-4)21-13-8-6-5-7-9-13/h5-9,14-15,21H,10-12H2,1-4H3,(H,20,25)/t14-,15+/m1/s1. The molecule has 1 aliphatic heterocycles. The average molecular weight is 377 g/mol. The first-order valence-electron chi connectivity index (χ1n) is 8.85. The first-order chi connectivity index (χ1) is 12.7. The van der Waals surface area contributed by atoms with Gasteiger partial charge in [0.2, 0.25) is 5.91 Å². The lowest BCUT2D eigenvalue weighted by Crippen LogP contribution is -2.46. The van der Waals surface area contributed by atoms with E-state index in [0.717, 1.165) is 5.69 Å². The number of anilines is 1. The summed E-state index contributed by atoms with van der Waals surface area (Å²) in [6.07, 6.45) is -0.247. The van der Waals surface area contributed by atoms with Crippen molar-refractivity contribution in [2.75, 3.05) is 25.5 Å². The number of likely N-dealkylation sites (tertiary alicyclic amines) is 1. The lowest BCUT2D eigenvalue weighted by molar-refractivity contribution is -0.150. The van der Waals surface area contributed by atoms with Crippen molar-refractivity contribution in [3.05, 3.63) is 30.3 Å². The molecule has 2 atom stereocenters. The molecule has 8 heteroatoms. The largest absolute Gasteiger partial charge is 0.467 e. The van der Waals surface area contributed by atoms with E-state index in [1.807, 2.05) is 30.3 Å². The van der Waals surface area contributed by atoms with Crippen LogP contribution in [0.25, 0.3) is 0 Å². The lowest BCUT2D eigenvalue weighted by Gasteiger charge is -2.24. The molecular formula is C19H27N3O5. The third-order valence-electron chi connectivity index (χ3n) is 4.02. The van der Waals surface area contributed by atoms with E-state index in [0.29, 0.717) is 13.0 Å². The van der Waals surface area contributed by atoms with Crippen LogP contribution in [0.3, 0.4) is 0 Å². The Hall–Kier alpha value is -2.77. The molecule has 8 nitrogen and oxygen atoms in total. The molecule has 0 saturated carbocycles. The third-order valence-corrected chi connectivity index (χ3v) is 4.02. The minimum Gasteiger partial charge on any atom is -0.467 e. The molecule has 0 aliphatic carbocycles. The minimum atomic E-state index is -0.691. The summed E-state index contributed by atoms with van der Waals surface area (Å²) in [5.41, 5.74) is 0.257. The number of nitrogens with one attached hydrogen (secondary N) is 2. The summed E-state index contributed by atoms with van der Waals surface area (Å²) in [5.74, 6) is -0.841. The smallest absolute Gasteiger partial charge is 0.408 e. The highest BCUT2D eigenvalue weighted by Gasteiger charge is 2.40. The number of rotatable bonds is 5. The molecule has 27 heavy (non-hydrogen) atoms. The Morgan fingerprint density at radius 3 is 2.44 bits per heavy atom. The number of para-hydroxylation sites is 1. The molecule has 1 aromatic rings. The van der Waals surface area contributed by atoms with Gasteiger partial charge in [0, 0.05) is 24.7 Å². The van der Waals surface area contributed by atoms with Crippen LogP contribution in [0.4, 0.5) is 10.5 Å². The van der Waals surface area contributed by atoms with Crippen LogP contribution < -0.4 is 10.6 Å². The number of carbonyl (C=O) groups excluding carboxylic acids is 3. The Balaban J connectivity index is 1.98. The Labute approximate surface area is 159 Å².